The Hall–Kier alpha value is -4.08. The van der Waals surface area contributed by atoms with E-state index >= 15 is 4.39 Å². The maximum absolute atomic E-state index is 16.4. The van der Waals surface area contributed by atoms with E-state index in [-0.39, 0.29) is 17.2 Å². The average Bonchev–Trinajstić information content (AvgIpc) is 3.64. The van der Waals surface area contributed by atoms with E-state index in [0.717, 1.165) is 35.4 Å². The summed E-state index contributed by atoms with van der Waals surface area (Å²) in [4.78, 5) is 20.7. The molecule has 10 heteroatoms. The van der Waals surface area contributed by atoms with Crippen LogP contribution in [-0.4, -0.2) is 54.4 Å². The van der Waals surface area contributed by atoms with Crippen molar-refractivity contribution >= 4 is 27.6 Å². The molecule has 5 aromatic rings. The van der Waals surface area contributed by atoms with Crippen molar-refractivity contribution in [3.63, 3.8) is 0 Å². The molecule has 9 nitrogen and oxygen atoms in total. The molecule has 4 aromatic heterocycles. The van der Waals surface area contributed by atoms with Crippen LogP contribution in [0.25, 0.3) is 33.1 Å². The van der Waals surface area contributed by atoms with Crippen molar-refractivity contribution in [1.29, 1.82) is 0 Å². The summed E-state index contributed by atoms with van der Waals surface area (Å²) < 4.78 is 24.4. The second-order valence-corrected chi connectivity index (χ2v) is 10.6. The van der Waals surface area contributed by atoms with Crippen LogP contribution < -0.4 is 9.64 Å². The molecule has 2 atom stereocenters. The van der Waals surface area contributed by atoms with Crippen molar-refractivity contribution in [2.24, 2.45) is 18.9 Å². The van der Waals surface area contributed by atoms with Crippen LogP contribution in [0.3, 0.4) is 0 Å². The monoisotopic (exact) mass is 512 g/mol. The number of aromatic nitrogens is 7. The number of piperidine rings is 1. The Morgan fingerprint density at radius 3 is 2.71 bits per heavy atom. The molecule has 1 N–H and O–H groups in total. The molecule has 1 aromatic carbocycles. The number of imidazole rings is 1. The number of pyridine rings is 1. The van der Waals surface area contributed by atoms with Crippen LogP contribution in [0, 0.1) is 24.6 Å². The fourth-order valence-corrected chi connectivity index (χ4v) is 6.19. The molecule has 1 aliphatic carbocycles. The normalized spacial score (nSPS) is 19.1. The van der Waals surface area contributed by atoms with Crippen LogP contribution in [0.1, 0.15) is 30.7 Å². The number of ether oxygens (including phenoxy) is 1. The molecule has 5 heterocycles. The molecule has 2 bridgehead atoms. The SMILES string of the molecule is Cc1ccc2[nH]ncc2c1-c1ncc2c(N3CC4CCC(C4)C3)nc(OCCc3nccn3C)nc2c1F. The molecule has 0 amide bonds. The highest BCUT2D eigenvalue weighted by atomic mass is 19.1. The van der Waals surface area contributed by atoms with Gasteiger partial charge < -0.3 is 14.2 Å². The zero-order valence-corrected chi connectivity index (χ0v) is 21.5. The molecule has 2 unspecified atom stereocenters. The van der Waals surface area contributed by atoms with Gasteiger partial charge in [-0.05, 0) is 49.7 Å². The molecule has 1 saturated heterocycles. The number of halogens is 1. The predicted molar refractivity (Wildman–Crippen MR) is 143 cm³/mol. The number of aryl methyl sites for hydroxylation is 2. The van der Waals surface area contributed by atoms with Crippen molar-refractivity contribution in [3.8, 4) is 17.3 Å². The first-order chi connectivity index (χ1) is 18.5. The Balaban J connectivity index is 1.33. The third-order valence-corrected chi connectivity index (χ3v) is 8.10. The van der Waals surface area contributed by atoms with E-state index < -0.39 is 5.82 Å². The van der Waals surface area contributed by atoms with Gasteiger partial charge in [-0.1, -0.05) is 6.07 Å². The highest BCUT2D eigenvalue weighted by Crippen LogP contribution is 2.41. The zero-order valence-electron chi connectivity index (χ0n) is 21.5. The van der Waals surface area contributed by atoms with Crippen molar-refractivity contribution in [2.45, 2.75) is 32.6 Å². The average molecular weight is 513 g/mol. The molecule has 1 aliphatic heterocycles. The second-order valence-electron chi connectivity index (χ2n) is 10.6. The van der Waals surface area contributed by atoms with Gasteiger partial charge in [0.1, 0.15) is 22.9 Å². The van der Waals surface area contributed by atoms with Crippen LogP contribution in [0.15, 0.2) is 36.9 Å². The number of anilines is 1. The number of hydrogen-bond acceptors (Lipinski definition) is 7. The third kappa shape index (κ3) is 3.86. The Labute approximate surface area is 219 Å². The van der Waals surface area contributed by atoms with Crippen LogP contribution in [-0.2, 0) is 13.5 Å². The van der Waals surface area contributed by atoms with Crippen molar-refractivity contribution < 1.29 is 9.13 Å². The summed E-state index contributed by atoms with van der Waals surface area (Å²) in [5, 5.41) is 8.56. The van der Waals surface area contributed by atoms with E-state index in [9.17, 15) is 0 Å². The summed E-state index contributed by atoms with van der Waals surface area (Å²) in [5.41, 5.74) is 2.94. The lowest BCUT2D eigenvalue weighted by molar-refractivity contribution is 0.293. The molecule has 0 radical (unpaired) electrons. The van der Waals surface area contributed by atoms with Crippen molar-refractivity contribution in [2.75, 3.05) is 24.6 Å². The van der Waals surface area contributed by atoms with Gasteiger partial charge in [0.25, 0.3) is 0 Å². The first-order valence-corrected chi connectivity index (χ1v) is 13.2. The second kappa shape index (κ2) is 9.04. The smallest absolute Gasteiger partial charge is 0.319 e. The quantitative estimate of drug-likeness (QED) is 0.355. The Morgan fingerprint density at radius 2 is 1.92 bits per heavy atom. The highest BCUT2D eigenvalue weighted by Gasteiger charge is 2.35. The summed E-state index contributed by atoms with van der Waals surface area (Å²) in [6.45, 7) is 4.11. The molecule has 2 aliphatic rings. The largest absolute Gasteiger partial charge is 0.463 e. The summed E-state index contributed by atoms with van der Waals surface area (Å²) >= 11 is 0. The van der Waals surface area contributed by atoms with Gasteiger partial charge in [-0.15, -0.1) is 0 Å². The first kappa shape index (κ1) is 23.1. The summed E-state index contributed by atoms with van der Waals surface area (Å²) in [7, 11) is 1.95. The van der Waals surface area contributed by atoms with Gasteiger partial charge in [-0.3, -0.25) is 10.1 Å². The molecule has 2 fully saturated rings. The van der Waals surface area contributed by atoms with Crippen molar-refractivity contribution in [1.82, 2.24) is 34.7 Å². The maximum Gasteiger partial charge on any atom is 0.319 e. The van der Waals surface area contributed by atoms with Crippen LogP contribution in [0.4, 0.5) is 10.2 Å². The number of benzene rings is 1. The molecule has 7 rings (SSSR count). The van der Waals surface area contributed by atoms with Gasteiger partial charge in [-0.25, -0.2) is 9.37 Å². The zero-order chi connectivity index (χ0) is 25.8. The standard InChI is InChI=1S/C28H29FN8O/c1-16-3-6-21-19(13-32-35-21)23(16)26-24(29)25-20(12-31-26)27(37-14-17-4-5-18(11-17)15-37)34-28(33-25)38-10-7-22-30-8-9-36(22)2/h3,6,8-9,12-13,17-18H,4-5,7,10-11,14-15H2,1-2H3,(H,32,35). The number of aromatic amines is 1. The van der Waals surface area contributed by atoms with Gasteiger partial charge in [-0.2, -0.15) is 15.1 Å². The Bertz CT molecular complexity index is 1650. The van der Waals surface area contributed by atoms with Gasteiger partial charge in [0.05, 0.1) is 23.7 Å². The molecular weight excluding hydrogens is 483 g/mol. The minimum atomic E-state index is -0.475. The number of nitrogens with zero attached hydrogens (tertiary/aromatic N) is 7. The van der Waals surface area contributed by atoms with E-state index in [1.165, 1.54) is 19.3 Å². The minimum absolute atomic E-state index is 0.175. The Kier molecular flexibility index (Phi) is 5.49. The topological polar surface area (TPSA) is 97.6 Å². The van der Waals surface area contributed by atoms with Gasteiger partial charge in [0.2, 0.25) is 0 Å². The number of nitrogens with one attached hydrogen (secondary N) is 1. The number of fused-ring (bicyclic) bond motifs is 4. The Morgan fingerprint density at radius 1 is 1.08 bits per heavy atom. The summed E-state index contributed by atoms with van der Waals surface area (Å²) in [6.07, 6.45) is 11.4. The van der Waals surface area contributed by atoms with E-state index in [2.05, 4.69) is 30.0 Å². The molecule has 38 heavy (non-hydrogen) atoms. The fraction of sp³-hybridized carbons (Fsp3) is 0.393. The number of rotatable bonds is 6. The van der Waals surface area contributed by atoms with Gasteiger partial charge >= 0.3 is 6.01 Å². The van der Waals surface area contributed by atoms with Crippen LogP contribution >= 0.6 is 0 Å². The number of H-pyrrole nitrogens is 1. The first-order valence-electron chi connectivity index (χ1n) is 13.2. The molecular formula is C28H29FN8O. The van der Waals surface area contributed by atoms with E-state index in [4.69, 9.17) is 9.72 Å². The lowest BCUT2D eigenvalue weighted by atomic mass is 9.98. The van der Waals surface area contributed by atoms with Gasteiger partial charge in [0, 0.05) is 56.1 Å². The number of hydrogen-bond donors (Lipinski definition) is 1. The third-order valence-electron chi connectivity index (χ3n) is 8.10. The molecule has 0 spiro atoms. The molecule has 194 valence electrons. The van der Waals surface area contributed by atoms with Crippen molar-refractivity contribution in [3.05, 3.63) is 54.1 Å². The van der Waals surface area contributed by atoms with Crippen LogP contribution in [0.2, 0.25) is 0 Å². The highest BCUT2D eigenvalue weighted by molar-refractivity contribution is 5.98. The van der Waals surface area contributed by atoms with E-state index in [0.29, 0.717) is 41.6 Å². The summed E-state index contributed by atoms with van der Waals surface area (Å²) in [6, 6.07) is 4.06. The lowest BCUT2D eigenvalue weighted by Gasteiger charge is -2.33. The molecule has 1 saturated carbocycles. The van der Waals surface area contributed by atoms with E-state index in [1.807, 2.05) is 36.9 Å². The maximum atomic E-state index is 16.4. The minimum Gasteiger partial charge on any atom is -0.463 e. The lowest BCUT2D eigenvalue weighted by Crippen LogP contribution is -2.37. The van der Waals surface area contributed by atoms with Gasteiger partial charge in [0.15, 0.2) is 5.82 Å². The summed E-state index contributed by atoms with van der Waals surface area (Å²) in [5.74, 6) is 2.42. The predicted octanol–water partition coefficient (Wildman–Crippen LogP) is 4.61. The van der Waals surface area contributed by atoms with E-state index in [1.54, 1.807) is 18.6 Å². The van der Waals surface area contributed by atoms with Crippen LogP contribution in [0.5, 0.6) is 6.01 Å². The fourth-order valence-electron chi connectivity index (χ4n) is 6.19.